The number of anilines is 6. The molecule has 0 N–H and O–H groups in total. The fourth-order valence-electron chi connectivity index (χ4n) is 10.1. The molecule has 0 saturated carbocycles. The van der Waals surface area contributed by atoms with Crippen LogP contribution in [0.3, 0.4) is 0 Å². The second-order valence-electron chi connectivity index (χ2n) is 18.1. The first-order valence-electron chi connectivity index (χ1n) is 23.1. The minimum absolute atomic E-state index is 0.863. The number of hydrogen-bond acceptors (Lipinski definition) is 3. The average molecular weight is 861 g/mol. The minimum Gasteiger partial charge on any atom is -0.456 e. The number of aryl methyl sites for hydroxylation is 4. The van der Waals surface area contributed by atoms with Crippen molar-refractivity contribution in [2.24, 2.45) is 0 Å². The number of hydrogen-bond donors (Lipinski definition) is 0. The Morgan fingerprint density at radius 2 is 0.522 bits per heavy atom. The van der Waals surface area contributed by atoms with Gasteiger partial charge in [0.1, 0.15) is 11.2 Å². The molecule has 320 valence electrons. The van der Waals surface area contributed by atoms with Gasteiger partial charge in [-0.15, -0.1) is 0 Å². The predicted molar refractivity (Wildman–Crippen MR) is 287 cm³/mol. The molecule has 12 rings (SSSR count). The van der Waals surface area contributed by atoms with Gasteiger partial charge in [-0.3, -0.25) is 0 Å². The van der Waals surface area contributed by atoms with E-state index in [0.717, 1.165) is 93.8 Å². The van der Waals surface area contributed by atoms with E-state index in [1.54, 1.807) is 0 Å². The van der Waals surface area contributed by atoms with Crippen LogP contribution >= 0.6 is 0 Å². The lowest BCUT2D eigenvalue weighted by Crippen LogP contribution is -2.10. The van der Waals surface area contributed by atoms with Crippen molar-refractivity contribution in [3.05, 3.63) is 241 Å². The molecule has 0 radical (unpaired) electrons. The molecule has 0 amide bonds. The summed E-state index contributed by atoms with van der Waals surface area (Å²) >= 11 is 0. The molecule has 0 aliphatic carbocycles. The molecule has 12 aromatic rings. The lowest BCUT2D eigenvalue weighted by atomic mass is 9.93. The van der Waals surface area contributed by atoms with Gasteiger partial charge in [0.2, 0.25) is 0 Å². The molecule has 0 aliphatic rings. The molecule has 67 heavy (non-hydrogen) atoms. The lowest BCUT2D eigenvalue weighted by Gasteiger charge is -2.26. The van der Waals surface area contributed by atoms with Crippen molar-refractivity contribution in [1.82, 2.24) is 0 Å². The van der Waals surface area contributed by atoms with Crippen LogP contribution in [0, 0.1) is 27.7 Å². The first kappa shape index (κ1) is 40.1. The van der Waals surface area contributed by atoms with E-state index in [9.17, 15) is 0 Å². The van der Waals surface area contributed by atoms with Crippen LogP contribution < -0.4 is 9.80 Å². The van der Waals surface area contributed by atoms with Crippen LogP contribution in [-0.2, 0) is 0 Å². The molecular formula is C64H48N2O. The summed E-state index contributed by atoms with van der Waals surface area (Å²) in [6.45, 7) is 8.58. The van der Waals surface area contributed by atoms with Gasteiger partial charge < -0.3 is 14.2 Å². The van der Waals surface area contributed by atoms with Gasteiger partial charge in [0.15, 0.2) is 0 Å². The Morgan fingerprint density at radius 1 is 0.224 bits per heavy atom. The van der Waals surface area contributed by atoms with E-state index in [1.807, 2.05) is 0 Å². The second kappa shape index (κ2) is 16.2. The largest absolute Gasteiger partial charge is 0.456 e. The zero-order valence-electron chi connectivity index (χ0n) is 38.1. The highest BCUT2D eigenvalue weighted by atomic mass is 16.3. The van der Waals surface area contributed by atoms with E-state index < -0.39 is 0 Å². The Hall–Kier alpha value is -8.40. The quantitative estimate of drug-likeness (QED) is 0.166. The number of benzene rings is 10. The van der Waals surface area contributed by atoms with Crippen LogP contribution in [0.15, 0.2) is 223 Å². The van der Waals surface area contributed by atoms with E-state index in [-0.39, 0.29) is 0 Å². The van der Waals surface area contributed by atoms with Crippen molar-refractivity contribution in [1.29, 1.82) is 0 Å². The van der Waals surface area contributed by atoms with Gasteiger partial charge in [-0.05, 0) is 173 Å². The number of nitrogens with zero attached hydrogens (tertiary/aromatic N) is 2. The molecule has 11 aromatic carbocycles. The summed E-state index contributed by atoms with van der Waals surface area (Å²) in [5.41, 5.74) is 13.2. The third-order valence-corrected chi connectivity index (χ3v) is 13.5. The summed E-state index contributed by atoms with van der Waals surface area (Å²) in [7, 11) is 0. The van der Waals surface area contributed by atoms with Crippen molar-refractivity contribution in [3.8, 4) is 0 Å². The maximum Gasteiger partial charge on any atom is 0.136 e. The van der Waals surface area contributed by atoms with E-state index >= 15 is 0 Å². The molecule has 0 atom stereocenters. The fraction of sp³-hybridized carbons (Fsp3) is 0.0625. The van der Waals surface area contributed by atoms with Gasteiger partial charge in [0.25, 0.3) is 0 Å². The zero-order valence-corrected chi connectivity index (χ0v) is 38.1. The van der Waals surface area contributed by atoms with Crippen LogP contribution in [0.25, 0.3) is 75.8 Å². The normalized spacial score (nSPS) is 11.6. The molecule has 0 fully saturated rings. The molecular weight excluding hydrogens is 813 g/mol. The Labute approximate surface area is 390 Å². The van der Waals surface area contributed by atoms with E-state index in [4.69, 9.17) is 4.42 Å². The van der Waals surface area contributed by atoms with Crippen molar-refractivity contribution in [3.63, 3.8) is 0 Å². The van der Waals surface area contributed by atoms with E-state index in [2.05, 4.69) is 256 Å². The summed E-state index contributed by atoms with van der Waals surface area (Å²) < 4.78 is 6.74. The number of para-hydroxylation sites is 1. The third kappa shape index (κ3) is 7.08. The Morgan fingerprint density at radius 3 is 0.940 bits per heavy atom. The van der Waals surface area contributed by atoms with Crippen LogP contribution in [0.2, 0.25) is 0 Å². The summed E-state index contributed by atoms with van der Waals surface area (Å²) in [5.74, 6) is 0. The molecule has 3 nitrogen and oxygen atoms in total. The maximum atomic E-state index is 6.74. The maximum absolute atomic E-state index is 6.74. The molecule has 0 spiro atoms. The van der Waals surface area contributed by atoms with Gasteiger partial charge >= 0.3 is 0 Å². The van der Waals surface area contributed by atoms with Gasteiger partial charge in [0.05, 0.1) is 0 Å². The van der Waals surface area contributed by atoms with Crippen LogP contribution in [0.1, 0.15) is 22.3 Å². The van der Waals surface area contributed by atoms with Gasteiger partial charge in [-0.25, -0.2) is 0 Å². The van der Waals surface area contributed by atoms with Gasteiger partial charge in [-0.2, -0.15) is 0 Å². The standard InChI is InChI=1S/C64H48N2O/c1-41-17-25-45(26-18-41)65(46-27-19-42(2)20-28-46)49-33-35-55-51-11-5-6-12-52(51)56-36-34-50(66(47-29-21-43(3)22-30-47)48-31-23-44(4)24-32-48)38-59(56)61-40-64-62(57-15-9-10-16-63(57)67-64)39-60(61)54-14-8-7-13-53(54)58(55)37-49/h5-40H,1-4H3. The highest BCUT2D eigenvalue weighted by Crippen LogP contribution is 2.44. The first-order valence-corrected chi connectivity index (χ1v) is 23.1. The Bertz CT molecular complexity index is 3850. The molecule has 1 aromatic heterocycles. The summed E-state index contributed by atoms with van der Waals surface area (Å²) in [6.07, 6.45) is 0. The van der Waals surface area contributed by atoms with Gasteiger partial charge in [0, 0.05) is 44.9 Å². The number of furan rings is 1. The monoisotopic (exact) mass is 860 g/mol. The topological polar surface area (TPSA) is 19.6 Å². The molecule has 0 saturated heterocycles. The predicted octanol–water partition coefficient (Wildman–Crippen LogP) is 18.6. The third-order valence-electron chi connectivity index (χ3n) is 13.5. The number of rotatable bonds is 6. The van der Waals surface area contributed by atoms with Crippen LogP contribution in [0.5, 0.6) is 0 Å². The molecule has 0 bridgehead atoms. The van der Waals surface area contributed by atoms with Crippen molar-refractivity contribution in [2.75, 3.05) is 9.80 Å². The van der Waals surface area contributed by atoms with Crippen LogP contribution in [-0.4, -0.2) is 0 Å². The summed E-state index contributed by atoms with van der Waals surface area (Å²) in [4.78, 5) is 4.76. The van der Waals surface area contributed by atoms with E-state index in [0.29, 0.717) is 0 Å². The Balaban J connectivity index is 1.26. The average Bonchev–Trinajstić information content (AvgIpc) is 3.73. The smallest absolute Gasteiger partial charge is 0.136 e. The van der Waals surface area contributed by atoms with E-state index in [1.165, 1.54) is 38.4 Å². The zero-order chi connectivity index (χ0) is 45.2. The highest BCUT2D eigenvalue weighted by molar-refractivity contribution is 6.28. The van der Waals surface area contributed by atoms with Gasteiger partial charge in [-0.1, -0.05) is 150 Å². The highest BCUT2D eigenvalue weighted by Gasteiger charge is 2.19. The van der Waals surface area contributed by atoms with Crippen molar-refractivity contribution in [2.45, 2.75) is 27.7 Å². The second-order valence-corrected chi connectivity index (χ2v) is 18.1. The molecule has 1 heterocycles. The molecule has 0 aliphatic heterocycles. The molecule has 0 unspecified atom stereocenters. The van der Waals surface area contributed by atoms with Crippen molar-refractivity contribution < 1.29 is 4.42 Å². The summed E-state index contributed by atoms with van der Waals surface area (Å²) in [5, 5.41) is 13.7. The fourth-order valence-corrected chi connectivity index (χ4v) is 10.1. The Kier molecular flexibility index (Phi) is 9.73. The lowest BCUT2D eigenvalue weighted by molar-refractivity contribution is 0.669. The summed E-state index contributed by atoms with van der Waals surface area (Å²) in [6, 6.07) is 80.5. The number of fused-ring (bicyclic) bond motifs is 13. The van der Waals surface area contributed by atoms with Crippen LogP contribution in [0.4, 0.5) is 34.1 Å². The SMILES string of the molecule is Cc1ccc(N(c2ccc(C)cc2)c2ccc3c4ccccc4c4ccc(N(c5ccc(C)cc5)c5ccc(C)cc5)cc4c4cc5oc6ccccc6c5cc4c4ccccc4c3c2)cc1. The molecule has 3 heteroatoms. The first-order chi connectivity index (χ1) is 32.8. The van der Waals surface area contributed by atoms with Crippen molar-refractivity contribution >= 4 is 110 Å². The minimum atomic E-state index is 0.863.